The largest absolute Gasteiger partial charge is 0.504 e. The van der Waals surface area contributed by atoms with Crippen molar-refractivity contribution in [1.82, 2.24) is 0 Å². The molecule has 2 heterocycles. The van der Waals surface area contributed by atoms with E-state index in [2.05, 4.69) is 0 Å². The third-order valence-electron chi connectivity index (χ3n) is 5.69. The zero-order chi connectivity index (χ0) is 23.9. The van der Waals surface area contributed by atoms with Crippen LogP contribution in [0.2, 0.25) is 0 Å². The number of Topliss-reactive ketones (excluding diaryl/α,β-unsaturated/α-hetero) is 1. The highest BCUT2D eigenvalue weighted by molar-refractivity contribution is 6.01. The van der Waals surface area contributed by atoms with E-state index in [1.807, 2.05) is 0 Å². The Labute approximate surface area is 188 Å². The highest BCUT2D eigenvalue weighted by Crippen LogP contribution is 2.46. The van der Waals surface area contributed by atoms with Gasteiger partial charge in [0.2, 0.25) is 12.0 Å². The van der Waals surface area contributed by atoms with Crippen LogP contribution in [0.3, 0.4) is 0 Å². The van der Waals surface area contributed by atoms with Crippen LogP contribution in [0, 0.1) is 0 Å². The summed E-state index contributed by atoms with van der Waals surface area (Å²) in [5.74, 6) is -1.12. The van der Waals surface area contributed by atoms with Crippen LogP contribution >= 0.6 is 0 Å². The lowest BCUT2D eigenvalue weighted by molar-refractivity contribution is -0.277. The number of benzene rings is 2. The fourth-order valence-corrected chi connectivity index (χ4v) is 3.83. The van der Waals surface area contributed by atoms with E-state index in [0.717, 1.165) is 0 Å². The molecule has 33 heavy (non-hydrogen) atoms. The van der Waals surface area contributed by atoms with Crippen molar-refractivity contribution in [2.75, 3.05) is 13.7 Å². The lowest BCUT2D eigenvalue weighted by Gasteiger charge is -2.39. The average Bonchev–Trinajstić information content (AvgIpc) is 2.81. The van der Waals surface area contributed by atoms with Crippen LogP contribution < -0.4 is 14.2 Å². The predicted molar refractivity (Wildman–Crippen MR) is 109 cm³/mol. The Morgan fingerprint density at radius 2 is 1.76 bits per heavy atom. The summed E-state index contributed by atoms with van der Waals surface area (Å²) in [5, 5.41) is 60.1. The molecule has 0 spiro atoms. The van der Waals surface area contributed by atoms with Crippen molar-refractivity contribution in [2.45, 2.75) is 43.2 Å². The summed E-state index contributed by atoms with van der Waals surface area (Å²) < 4.78 is 21.6. The number of fused-ring (bicyclic) bond motifs is 1. The summed E-state index contributed by atoms with van der Waals surface area (Å²) in [7, 11) is 1.40. The molecule has 0 saturated carbocycles. The first-order valence-corrected chi connectivity index (χ1v) is 10.1. The molecule has 1 fully saturated rings. The number of ether oxygens (including phenoxy) is 4. The molecule has 4 rings (SSSR count). The van der Waals surface area contributed by atoms with Crippen LogP contribution in [0.4, 0.5) is 0 Å². The van der Waals surface area contributed by atoms with E-state index in [0.29, 0.717) is 5.56 Å². The van der Waals surface area contributed by atoms with E-state index in [1.165, 1.54) is 31.4 Å². The third-order valence-corrected chi connectivity index (χ3v) is 5.69. The van der Waals surface area contributed by atoms with Crippen LogP contribution in [0.5, 0.6) is 28.7 Å². The van der Waals surface area contributed by atoms with Crippen LogP contribution in [0.15, 0.2) is 30.3 Å². The molecule has 0 unspecified atom stereocenters. The van der Waals surface area contributed by atoms with Crippen LogP contribution in [-0.4, -0.2) is 80.8 Å². The minimum atomic E-state index is -1.68. The van der Waals surface area contributed by atoms with Gasteiger partial charge in [-0.2, -0.15) is 0 Å². The maximum atomic E-state index is 12.7. The first kappa shape index (κ1) is 23.1. The zero-order valence-corrected chi connectivity index (χ0v) is 17.5. The van der Waals surface area contributed by atoms with Gasteiger partial charge >= 0.3 is 0 Å². The van der Waals surface area contributed by atoms with Crippen molar-refractivity contribution in [3.8, 4) is 28.7 Å². The molecule has 0 aromatic heterocycles. The lowest BCUT2D eigenvalue weighted by atomic mass is 9.95. The normalized spacial score (nSPS) is 29.2. The number of hydrogen-bond donors (Lipinski definition) is 6. The molecule has 11 nitrogen and oxygen atoms in total. The Hall–Kier alpha value is -3.09. The number of rotatable bonds is 5. The number of carbonyl (C=O) groups excluding carboxylic acids is 1. The molecular formula is C22H24O11. The Bertz CT molecular complexity index is 1040. The second kappa shape index (κ2) is 9.04. The molecule has 2 aliphatic rings. The highest BCUT2D eigenvalue weighted by atomic mass is 16.7. The number of phenols is 2. The number of carbonyl (C=O) groups is 1. The van der Waals surface area contributed by atoms with Crippen LogP contribution in [0.25, 0.3) is 0 Å². The molecule has 2 aliphatic heterocycles. The van der Waals surface area contributed by atoms with Gasteiger partial charge in [0.25, 0.3) is 0 Å². The van der Waals surface area contributed by atoms with E-state index >= 15 is 0 Å². The number of methoxy groups -OCH3 is 1. The molecule has 0 radical (unpaired) electrons. The monoisotopic (exact) mass is 464 g/mol. The lowest BCUT2D eigenvalue weighted by Crippen LogP contribution is -2.60. The predicted octanol–water partition coefficient (Wildman–Crippen LogP) is -0.00840. The molecule has 2 aromatic carbocycles. The second-order valence-corrected chi connectivity index (χ2v) is 7.77. The molecule has 6 N–H and O–H groups in total. The van der Waals surface area contributed by atoms with Gasteiger partial charge in [0.15, 0.2) is 28.8 Å². The maximum absolute atomic E-state index is 12.7. The smallest absolute Gasteiger partial charge is 0.229 e. The SMILES string of the molecule is COc1ccc([C@@H]2CC(=O)c3ccc(O[C@@H]4O[C@H](CO)[C@@H](O)[C@H](O)[C@H]4O)c(O)c3O2)cc1O. The quantitative estimate of drug-likeness (QED) is 0.351. The zero-order valence-electron chi connectivity index (χ0n) is 17.5. The van der Waals surface area contributed by atoms with Gasteiger partial charge in [0.1, 0.15) is 30.5 Å². The number of hydrogen-bond acceptors (Lipinski definition) is 11. The number of phenolic OH excluding ortho intramolecular Hbond substituents is 2. The van der Waals surface area contributed by atoms with Crippen molar-refractivity contribution >= 4 is 5.78 Å². The summed E-state index contributed by atoms with van der Waals surface area (Å²) in [6.07, 6.45) is -8.48. The average molecular weight is 464 g/mol. The van der Waals surface area contributed by atoms with Crippen molar-refractivity contribution in [3.05, 3.63) is 41.5 Å². The Kier molecular flexibility index (Phi) is 6.32. The Balaban J connectivity index is 1.60. The van der Waals surface area contributed by atoms with Gasteiger partial charge in [-0.1, -0.05) is 6.07 Å². The van der Waals surface area contributed by atoms with Gasteiger partial charge in [-0.25, -0.2) is 0 Å². The first-order valence-electron chi connectivity index (χ1n) is 10.1. The van der Waals surface area contributed by atoms with Gasteiger partial charge in [0, 0.05) is 0 Å². The summed E-state index contributed by atoms with van der Waals surface area (Å²) in [6.45, 7) is -0.644. The van der Waals surface area contributed by atoms with Gasteiger partial charge in [-0.05, 0) is 29.8 Å². The highest BCUT2D eigenvalue weighted by Gasteiger charge is 2.45. The summed E-state index contributed by atoms with van der Waals surface area (Å²) >= 11 is 0. The second-order valence-electron chi connectivity index (χ2n) is 7.77. The first-order chi connectivity index (χ1) is 15.7. The van der Waals surface area contributed by atoms with E-state index in [-0.39, 0.29) is 40.8 Å². The number of aliphatic hydroxyl groups excluding tert-OH is 4. The molecule has 0 amide bonds. The van der Waals surface area contributed by atoms with Crippen molar-refractivity contribution in [1.29, 1.82) is 0 Å². The Morgan fingerprint density at radius 3 is 2.42 bits per heavy atom. The van der Waals surface area contributed by atoms with Gasteiger partial charge in [0.05, 0.1) is 25.7 Å². The minimum absolute atomic E-state index is 0.0366. The number of ketones is 1. The van der Waals surface area contributed by atoms with Crippen LogP contribution in [0.1, 0.15) is 28.4 Å². The molecule has 11 heteroatoms. The molecule has 1 saturated heterocycles. The molecule has 178 valence electrons. The van der Waals surface area contributed by atoms with Gasteiger partial charge in [-0.15, -0.1) is 0 Å². The molecule has 6 atom stereocenters. The Morgan fingerprint density at radius 1 is 1.03 bits per heavy atom. The van der Waals surface area contributed by atoms with Crippen molar-refractivity contribution in [3.63, 3.8) is 0 Å². The van der Waals surface area contributed by atoms with E-state index < -0.39 is 49.2 Å². The fourth-order valence-electron chi connectivity index (χ4n) is 3.83. The van der Waals surface area contributed by atoms with E-state index in [9.17, 15) is 35.4 Å². The van der Waals surface area contributed by atoms with Gasteiger partial charge < -0.3 is 49.6 Å². The summed E-state index contributed by atoms with van der Waals surface area (Å²) in [4.78, 5) is 12.7. The summed E-state index contributed by atoms with van der Waals surface area (Å²) in [6, 6.07) is 7.18. The summed E-state index contributed by atoms with van der Waals surface area (Å²) in [5.41, 5.74) is 0.592. The molecule has 0 aliphatic carbocycles. The fraction of sp³-hybridized carbons (Fsp3) is 0.409. The minimum Gasteiger partial charge on any atom is -0.504 e. The van der Waals surface area contributed by atoms with E-state index in [4.69, 9.17) is 18.9 Å². The number of aromatic hydroxyl groups is 2. The van der Waals surface area contributed by atoms with Crippen LogP contribution in [-0.2, 0) is 4.74 Å². The maximum Gasteiger partial charge on any atom is 0.229 e. The van der Waals surface area contributed by atoms with Gasteiger partial charge in [-0.3, -0.25) is 4.79 Å². The third kappa shape index (κ3) is 4.16. The van der Waals surface area contributed by atoms with E-state index in [1.54, 1.807) is 6.07 Å². The molecule has 0 bridgehead atoms. The topological polar surface area (TPSA) is 175 Å². The molecule has 2 aromatic rings. The van der Waals surface area contributed by atoms with Crippen molar-refractivity contribution in [2.24, 2.45) is 0 Å². The van der Waals surface area contributed by atoms with Crippen molar-refractivity contribution < 1.29 is 54.4 Å². The molecular weight excluding hydrogens is 440 g/mol. The number of aliphatic hydroxyl groups is 4. The standard InChI is InChI=1S/C22H24O11/c1-30-13-4-2-9(6-12(13)25)15-7-11(24)10-3-5-14(18(27)21(10)31-15)32-22-20(29)19(28)17(26)16(8-23)33-22/h2-6,15-17,19-20,22-23,25-29H,7-8H2,1H3/t15-,16+,17+,19-,20+,22+/m0/s1.